The Labute approximate surface area is 104 Å². The highest BCUT2D eigenvalue weighted by Gasteiger charge is 2.20. The van der Waals surface area contributed by atoms with Gasteiger partial charge in [-0.05, 0) is 51.7 Å². The number of ether oxygens (including phenoxy) is 1. The Bertz CT molecular complexity index is 250. The van der Waals surface area contributed by atoms with Crippen molar-refractivity contribution in [3.05, 3.63) is 0 Å². The number of carbonyl (C=O) groups excluding carboxylic acids is 1. The number of piperidine rings is 1. The highest BCUT2D eigenvalue weighted by Crippen LogP contribution is 2.21. The van der Waals surface area contributed by atoms with Gasteiger partial charge in [-0.1, -0.05) is 0 Å². The lowest BCUT2D eigenvalue weighted by molar-refractivity contribution is -0.142. The molecule has 2 aliphatic rings. The lowest BCUT2D eigenvalue weighted by atomic mass is 9.92. The third-order valence-corrected chi connectivity index (χ3v) is 3.96. The molecule has 1 amide bonds. The Morgan fingerprint density at radius 3 is 2.76 bits per heavy atom. The maximum atomic E-state index is 11.5. The van der Waals surface area contributed by atoms with Gasteiger partial charge in [0.15, 0.2) is 0 Å². The zero-order chi connectivity index (χ0) is 12.1. The summed E-state index contributed by atoms with van der Waals surface area (Å²) in [5.74, 6) is 1.04. The second-order valence-corrected chi connectivity index (χ2v) is 5.32. The first-order valence-electron chi connectivity index (χ1n) is 6.80. The summed E-state index contributed by atoms with van der Waals surface area (Å²) < 4.78 is 5.12. The molecule has 0 aromatic heterocycles. The summed E-state index contributed by atoms with van der Waals surface area (Å²) in [6.07, 6.45) is 5.08. The SMILES string of the molecule is CN1CCC(CCCN2CCOCC2=O)CC1. The van der Waals surface area contributed by atoms with Gasteiger partial charge in [-0.3, -0.25) is 4.79 Å². The normalized spacial score (nSPS) is 24.3. The number of rotatable bonds is 4. The van der Waals surface area contributed by atoms with E-state index in [1.165, 1.54) is 32.4 Å². The Morgan fingerprint density at radius 1 is 1.29 bits per heavy atom. The quantitative estimate of drug-likeness (QED) is 0.734. The topological polar surface area (TPSA) is 32.8 Å². The summed E-state index contributed by atoms with van der Waals surface area (Å²) in [6, 6.07) is 0. The number of morpholine rings is 1. The molecule has 0 spiro atoms. The molecule has 0 atom stereocenters. The van der Waals surface area contributed by atoms with Crippen LogP contribution in [-0.2, 0) is 9.53 Å². The van der Waals surface area contributed by atoms with Gasteiger partial charge in [0, 0.05) is 13.1 Å². The smallest absolute Gasteiger partial charge is 0.248 e. The van der Waals surface area contributed by atoms with Crippen molar-refractivity contribution in [1.29, 1.82) is 0 Å². The Balaban J connectivity index is 1.60. The summed E-state index contributed by atoms with van der Waals surface area (Å²) in [4.78, 5) is 15.9. The maximum Gasteiger partial charge on any atom is 0.248 e. The molecule has 98 valence electrons. The second kappa shape index (κ2) is 6.36. The fourth-order valence-electron chi connectivity index (χ4n) is 2.71. The van der Waals surface area contributed by atoms with Crippen LogP contribution in [0.2, 0.25) is 0 Å². The first-order chi connectivity index (χ1) is 8.25. The summed E-state index contributed by atoms with van der Waals surface area (Å²) in [6.45, 7) is 5.18. The third-order valence-electron chi connectivity index (χ3n) is 3.96. The standard InChI is InChI=1S/C13H24N2O2/c1-14-7-4-12(5-8-14)3-2-6-15-9-10-17-11-13(15)16/h12H,2-11H2,1H3. The van der Waals surface area contributed by atoms with Gasteiger partial charge >= 0.3 is 0 Å². The van der Waals surface area contributed by atoms with Gasteiger partial charge in [0.2, 0.25) is 5.91 Å². The van der Waals surface area contributed by atoms with Crippen LogP contribution < -0.4 is 0 Å². The largest absolute Gasteiger partial charge is 0.370 e. The van der Waals surface area contributed by atoms with E-state index in [-0.39, 0.29) is 12.5 Å². The molecule has 0 bridgehead atoms. The average molecular weight is 240 g/mol. The second-order valence-electron chi connectivity index (χ2n) is 5.32. The van der Waals surface area contributed by atoms with E-state index in [0.717, 1.165) is 25.4 Å². The van der Waals surface area contributed by atoms with E-state index in [4.69, 9.17) is 4.74 Å². The number of hydrogen-bond acceptors (Lipinski definition) is 3. The van der Waals surface area contributed by atoms with Crippen LogP contribution in [0.25, 0.3) is 0 Å². The van der Waals surface area contributed by atoms with E-state index in [2.05, 4.69) is 11.9 Å². The molecular weight excluding hydrogens is 216 g/mol. The number of carbonyl (C=O) groups is 1. The van der Waals surface area contributed by atoms with Crippen molar-refractivity contribution in [2.24, 2.45) is 5.92 Å². The summed E-state index contributed by atoms with van der Waals surface area (Å²) in [5, 5.41) is 0. The van der Waals surface area contributed by atoms with Gasteiger partial charge < -0.3 is 14.5 Å². The fraction of sp³-hybridized carbons (Fsp3) is 0.923. The van der Waals surface area contributed by atoms with Crippen LogP contribution in [0.3, 0.4) is 0 Å². The van der Waals surface area contributed by atoms with E-state index in [9.17, 15) is 4.79 Å². The number of hydrogen-bond donors (Lipinski definition) is 0. The lowest BCUT2D eigenvalue weighted by Crippen LogP contribution is -2.42. The summed E-state index contributed by atoms with van der Waals surface area (Å²) in [7, 11) is 2.20. The molecular formula is C13H24N2O2. The highest BCUT2D eigenvalue weighted by molar-refractivity contribution is 5.77. The van der Waals surface area contributed by atoms with Crippen molar-refractivity contribution in [3.63, 3.8) is 0 Å². The van der Waals surface area contributed by atoms with Crippen molar-refractivity contribution < 1.29 is 9.53 Å². The Hall–Kier alpha value is -0.610. The van der Waals surface area contributed by atoms with Gasteiger partial charge in [0.05, 0.1) is 6.61 Å². The molecule has 2 saturated heterocycles. The molecule has 2 fully saturated rings. The van der Waals surface area contributed by atoms with Gasteiger partial charge in [-0.15, -0.1) is 0 Å². The van der Waals surface area contributed by atoms with E-state index in [0.29, 0.717) is 6.61 Å². The third kappa shape index (κ3) is 3.96. The van der Waals surface area contributed by atoms with Crippen molar-refractivity contribution in [2.45, 2.75) is 25.7 Å². The summed E-state index contributed by atoms with van der Waals surface area (Å²) in [5.41, 5.74) is 0. The molecule has 0 N–H and O–H groups in total. The van der Waals surface area contributed by atoms with E-state index >= 15 is 0 Å². The van der Waals surface area contributed by atoms with Crippen molar-refractivity contribution >= 4 is 5.91 Å². The molecule has 0 aliphatic carbocycles. The van der Waals surface area contributed by atoms with Gasteiger partial charge in [-0.25, -0.2) is 0 Å². The first kappa shape index (κ1) is 12.8. The predicted molar refractivity (Wildman–Crippen MR) is 66.9 cm³/mol. The average Bonchev–Trinajstić information content (AvgIpc) is 2.34. The van der Waals surface area contributed by atoms with E-state index in [1.54, 1.807) is 0 Å². The number of amides is 1. The first-order valence-corrected chi connectivity index (χ1v) is 6.80. The lowest BCUT2D eigenvalue weighted by Gasteiger charge is -2.30. The van der Waals surface area contributed by atoms with Gasteiger partial charge in [0.25, 0.3) is 0 Å². The molecule has 17 heavy (non-hydrogen) atoms. The number of nitrogens with zero attached hydrogens (tertiary/aromatic N) is 2. The van der Waals surface area contributed by atoms with Crippen LogP contribution in [-0.4, -0.2) is 62.1 Å². The Kier molecular flexibility index (Phi) is 4.80. The molecule has 2 rings (SSSR count). The zero-order valence-corrected chi connectivity index (χ0v) is 10.9. The molecule has 0 saturated carbocycles. The highest BCUT2D eigenvalue weighted by atomic mass is 16.5. The van der Waals surface area contributed by atoms with Crippen LogP contribution in [0.4, 0.5) is 0 Å². The molecule has 0 unspecified atom stereocenters. The minimum atomic E-state index is 0.166. The van der Waals surface area contributed by atoms with Crippen LogP contribution >= 0.6 is 0 Å². The van der Waals surface area contributed by atoms with E-state index < -0.39 is 0 Å². The van der Waals surface area contributed by atoms with Gasteiger partial charge in [-0.2, -0.15) is 0 Å². The minimum absolute atomic E-state index is 0.166. The zero-order valence-electron chi connectivity index (χ0n) is 10.9. The van der Waals surface area contributed by atoms with Crippen molar-refractivity contribution in [3.8, 4) is 0 Å². The van der Waals surface area contributed by atoms with Crippen LogP contribution in [0.15, 0.2) is 0 Å². The van der Waals surface area contributed by atoms with Crippen LogP contribution in [0, 0.1) is 5.92 Å². The molecule has 0 radical (unpaired) electrons. The van der Waals surface area contributed by atoms with Crippen LogP contribution in [0.5, 0.6) is 0 Å². The molecule has 2 heterocycles. The fourth-order valence-corrected chi connectivity index (χ4v) is 2.71. The maximum absolute atomic E-state index is 11.5. The van der Waals surface area contributed by atoms with Crippen molar-refractivity contribution in [2.75, 3.05) is 46.4 Å². The van der Waals surface area contributed by atoms with Crippen molar-refractivity contribution in [1.82, 2.24) is 9.80 Å². The van der Waals surface area contributed by atoms with Gasteiger partial charge in [0.1, 0.15) is 6.61 Å². The summed E-state index contributed by atoms with van der Waals surface area (Å²) >= 11 is 0. The monoisotopic (exact) mass is 240 g/mol. The molecule has 0 aromatic rings. The molecule has 0 aromatic carbocycles. The number of likely N-dealkylation sites (tertiary alicyclic amines) is 1. The molecule has 4 heteroatoms. The molecule has 4 nitrogen and oxygen atoms in total. The van der Waals surface area contributed by atoms with Crippen LogP contribution in [0.1, 0.15) is 25.7 Å². The predicted octanol–water partition coefficient (Wildman–Crippen LogP) is 0.967. The molecule has 2 aliphatic heterocycles. The Morgan fingerprint density at radius 2 is 2.06 bits per heavy atom. The van der Waals surface area contributed by atoms with E-state index in [1.807, 2.05) is 4.90 Å². The minimum Gasteiger partial charge on any atom is -0.370 e.